The first-order valence-electron chi connectivity index (χ1n) is 5.87. The van der Waals surface area contributed by atoms with Gasteiger partial charge in [0.05, 0.1) is 30.0 Å². The van der Waals surface area contributed by atoms with E-state index in [0.717, 1.165) is 16.6 Å². The first-order valence-corrected chi connectivity index (χ1v) is 5.87. The molecule has 1 aromatic carbocycles. The average molecular weight is 246 g/mol. The lowest BCUT2D eigenvalue weighted by atomic mass is 10.1. The van der Waals surface area contributed by atoms with E-state index in [4.69, 9.17) is 5.11 Å². The van der Waals surface area contributed by atoms with E-state index in [-0.39, 0.29) is 18.7 Å². The second-order valence-electron chi connectivity index (χ2n) is 4.35. The van der Waals surface area contributed by atoms with E-state index in [1.807, 2.05) is 18.2 Å². The van der Waals surface area contributed by atoms with E-state index < -0.39 is 0 Å². The summed E-state index contributed by atoms with van der Waals surface area (Å²) in [7, 11) is 0. The molecule has 3 N–H and O–H groups in total. The maximum atomic E-state index is 11.6. The minimum Gasteiger partial charge on any atom is -0.395 e. The van der Waals surface area contributed by atoms with E-state index in [9.17, 15) is 4.79 Å². The molecule has 3 rings (SSSR count). The van der Waals surface area contributed by atoms with Gasteiger partial charge in [-0.25, -0.2) is 9.78 Å². The van der Waals surface area contributed by atoms with Crippen molar-refractivity contribution in [2.75, 3.05) is 19.7 Å². The third-order valence-corrected chi connectivity index (χ3v) is 3.20. The predicted octanol–water partition coefficient (Wildman–Crippen LogP) is 0.621. The predicted molar refractivity (Wildman–Crippen MR) is 66.0 cm³/mol. The molecule has 18 heavy (non-hydrogen) atoms. The van der Waals surface area contributed by atoms with Crippen LogP contribution in [0.15, 0.2) is 24.5 Å². The number of β-amino-alcohol motifs (C(OH)–C–C–N with tert-alkyl or cyclic N) is 1. The van der Waals surface area contributed by atoms with Crippen LogP contribution in [0.2, 0.25) is 0 Å². The Labute approximate surface area is 104 Å². The molecule has 1 unspecified atom stereocenters. The highest BCUT2D eigenvalue weighted by Gasteiger charge is 2.29. The zero-order chi connectivity index (χ0) is 12.5. The SMILES string of the molecule is O=C1NC(c2ccc3nc[nH]c3c2)CN1CCO. The molecule has 1 aromatic heterocycles. The monoisotopic (exact) mass is 246 g/mol. The average Bonchev–Trinajstić information content (AvgIpc) is 2.96. The summed E-state index contributed by atoms with van der Waals surface area (Å²) in [5.74, 6) is 0. The van der Waals surface area contributed by atoms with Crippen molar-refractivity contribution in [2.24, 2.45) is 0 Å². The van der Waals surface area contributed by atoms with Crippen LogP contribution in [0, 0.1) is 0 Å². The fourth-order valence-electron chi connectivity index (χ4n) is 2.26. The molecule has 94 valence electrons. The number of urea groups is 1. The van der Waals surface area contributed by atoms with Crippen LogP contribution in [0.25, 0.3) is 11.0 Å². The summed E-state index contributed by atoms with van der Waals surface area (Å²) in [6.45, 7) is 0.938. The second kappa shape index (κ2) is 4.30. The summed E-state index contributed by atoms with van der Waals surface area (Å²) in [6, 6.07) is 5.74. The van der Waals surface area contributed by atoms with Gasteiger partial charge in [-0.3, -0.25) is 0 Å². The second-order valence-corrected chi connectivity index (χ2v) is 4.35. The van der Waals surface area contributed by atoms with Gasteiger partial charge < -0.3 is 20.3 Å². The lowest BCUT2D eigenvalue weighted by Gasteiger charge is -2.12. The van der Waals surface area contributed by atoms with Crippen molar-refractivity contribution in [2.45, 2.75) is 6.04 Å². The molecule has 1 saturated heterocycles. The zero-order valence-corrected chi connectivity index (χ0v) is 9.76. The molecule has 0 bridgehead atoms. The number of amides is 2. The van der Waals surface area contributed by atoms with Gasteiger partial charge in [0.2, 0.25) is 0 Å². The number of nitrogens with one attached hydrogen (secondary N) is 2. The molecular formula is C12H14N4O2. The minimum atomic E-state index is -0.126. The number of carbonyl (C=O) groups excluding carboxylic acids is 1. The van der Waals surface area contributed by atoms with E-state index in [0.29, 0.717) is 13.1 Å². The molecule has 0 aliphatic carbocycles. The summed E-state index contributed by atoms with van der Waals surface area (Å²) in [5, 5.41) is 11.8. The number of rotatable bonds is 3. The topological polar surface area (TPSA) is 81.2 Å². The number of imidazole rings is 1. The van der Waals surface area contributed by atoms with Gasteiger partial charge in [0, 0.05) is 13.1 Å². The number of nitrogens with zero attached hydrogens (tertiary/aromatic N) is 2. The number of hydrogen-bond acceptors (Lipinski definition) is 3. The maximum Gasteiger partial charge on any atom is 0.318 e. The summed E-state index contributed by atoms with van der Waals surface area (Å²) in [6.07, 6.45) is 1.65. The van der Waals surface area contributed by atoms with Crippen LogP contribution < -0.4 is 5.32 Å². The van der Waals surface area contributed by atoms with Crippen molar-refractivity contribution < 1.29 is 9.90 Å². The molecule has 6 nitrogen and oxygen atoms in total. The van der Waals surface area contributed by atoms with E-state index in [2.05, 4.69) is 15.3 Å². The van der Waals surface area contributed by atoms with Gasteiger partial charge in [-0.1, -0.05) is 6.07 Å². The summed E-state index contributed by atoms with van der Waals surface area (Å²) < 4.78 is 0. The van der Waals surface area contributed by atoms with Gasteiger partial charge in [0.25, 0.3) is 0 Å². The van der Waals surface area contributed by atoms with Crippen LogP contribution in [0.4, 0.5) is 4.79 Å². The van der Waals surface area contributed by atoms with E-state index in [1.165, 1.54) is 0 Å². The van der Waals surface area contributed by atoms with E-state index in [1.54, 1.807) is 11.2 Å². The highest BCUT2D eigenvalue weighted by Crippen LogP contribution is 2.22. The van der Waals surface area contributed by atoms with Crippen molar-refractivity contribution in [3.05, 3.63) is 30.1 Å². The first kappa shape index (κ1) is 11.0. The number of H-pyrrole nitrogens is 1. The molecule has 1 aliphatic heterocycles. The number of fused-ring (bicyclic) bond motifs is 1. The van der Waals surface area contributed by atoms with Gasteiger partial charge >= 0.3 is 6.03 Å². The third-order valence-electron chi connectivity index (χ3n) is 3.20. The van der Waals surface area contributed by atoms with Crippen LogP contribution in [-0.4, -0.2) is 45.7 Å². The Balaban J connectivity index is 1.84. The van der Waals surface area contributed by atoms with Gasteiger partial charge in [-0.2, -0.15) is 0 Å². The smallest absolute Gasteiger partial charge is 0.318 e. The summed E-state index contributed by atoms with van der Waals surface area (Å²) >= 11 is 0. The Morgan fingerprint density at radius 1 is 1.50 bits per heavy atom. The van der Waals surface area contributed by atoms with Crippen LogP contribution in [0.3, 0.4) is 0 Å². The van der Waals surface area contributed by atoms with Crippen LogP contribution in [0.5, 0.6) is 0 Å². The standard InChI is InChI=1S/C12H14N4O2/c17-4-3-16-6-11(15-12(16)18)8-1-2-9-10(5-8)14-7-13-9/h1-2,5,7,11,17H,3-4,6H2,(H,13,14)(H,15,18). The normalized spacial score (nSPS) is 19.5. The van der Waals surface area contributed by atoms with Crippen molar-refractivity contribution >= 4 is 17.1 Å². The Hall–Kier alpha value is -2.08. The van der Waals surface area contributed by atoms with Crippen molar-refractivity contribution in [3.63, 3.8) is 0 Å². The fourth-order valence-corrected chi connectivity index (χ4v) is 2.26. The Morgan fingerprint density at radius 3 is 3.22 bits per heavy atom. The number of aliphatic hydroxyl groups is 1. The molecule has 1 fully saturated rings. The minimum absolute atomic E-state index is 0.0142. The Kier molecular flexibility index (Phi) is 2.64. The third kappa shape index (κ3) is 1.80. The molecule has 2 amide bonds. The molecule has 1 aliphatic rings. The van der Waals surface area contributed by atoms with Crippen molar-refractivity contribution in [3.8, 4) is 0 Å². The highest BCUT2D eigenvalue weighted by molar-refractivity contribution is 5.79. The number of benzene rings is 1. The Bertz CT molecular complexity index is 580. The van der Waals surface area contributed by atoms with Crippen molar-refractivity contribution in [1.29, 1.82) is 0 Å². The molecule has 0 saturated carbocycles. The molecular weight excluding hydrogens is 232 g/mol. The molecule has 0 radical (unpaired) electrons. The Morgan fingerprint density at radius 2 is 2.39 bits per heavy atom. The quantitative estimate of drug-likeness (QED) is 0.742. The van der Waals surface area contributed by atoms with E-state index >= 15 is 0 Å². The molecule has 0 spiro atoms. The zero-order valence-electron chi connectivity index (χ0n) is 9.76. The molecule has 1 atom stereocenters. The van der Waals surface area contributed by atoms with Gasteiger partial charge in [-0.15, -0.1) is 0 Å². The van der Waals surface area contributed by atoms with Crippen LogP contribution in [0.1, 0.15) is 11.6 Å². The van der Waals surface area contributed by atoms with Gasteiger partial charge in [0.1, 0.15) is 0 Å². The first-order chi connectivity index (χ1) is 8.78. The van der Waals surface area contributed by atoms with Crippen molar-refractivity contribution in [1.82, 2.24) is 20.2 Å². The largest absolute Gasteiger partial charge is 0.395 e. The van der Waals surface area contributed by atoms with Gasteiger partial charge in [0.15, 0.2) is 0 Å². The number of carbonyl (C=O) groups is 1. The maximum absolute atomic E-state index is 11.6. The molecule has 6 heteroatoms. The number of hydrogen-bond donors (Lipinski definition) is 3. The van der Waals surface area contributed by atoms with Gasteiger partial charge in [-0.05, 0) is 17.7 Å². The fraction of sp³-hybridized carbons (Fsp3) is 0.333. The molecule has 2 aromatic rings. The lowest BCUT2D eigenvalue weighted by molar-refractivity contribution is 0.196. The van der Waals surface area contributed by atoms with Crippen LogP contribution >= 0.6 is 0 Å². The lowest BCUT2D eigenvalue weighted by Crippen LogP contribution is -2.30. The molecule has 2 heterocycles. The highest BCUT2D eigenvalue weighted by atomic mass is 16.3. The number of aromatic amines is 1. The summed E-state index contributed by atoms with van der Waals surface area (Å²) in [4.78, 5) is 20.5. The summed E-state index contributed by atoms with van der Waals surface area (Å²) in [5.41, 5.74) is 2.91. The number of aliphatic hydroxyl groups excluding tert-OH is 1. The number of aromatic nitrogens is 2. The van der Waals surface area contributed by atoms with Crippen LogP contribution in [-0.2, 0) is 0 Å².